The SMILES string of the molecule is COc1cc2c(N[C@H](C)c3cccc(Br)c3)nc(C)nc2cc1OCCOCCOCCOCCN. The molecular weight excluding hydrogens is 528 g/mol. The van der Waals surface area contributed by atoms with Crippen molar-refractivity contribution < 1.29 is 23.7 Å². The van der Waals surface area contributed by atoms with Gasteiger partial charge in [0.2, 0.25) is 0 Å². The summed E-state index contributed by atoms with van der Waals surface area (Å²) in [5, 5.41) is 4.37. The van der Waals surface area contributed by atoms with Crippen LogP contribution in [0.2, 0.25) is 0 Å². The maximum atomic E-state index is 5.94. The van der Waals surface area contributed by atoms with E-state index in [1.165, 1.54) is 0 Å². The number of methoxy groups -OCH3 is 1. The second-order valence-corrected chi connectivity index (χ2v) is 8.95. The lowest BCUT2D eigenvalue weighted by molar-refractivity contribution is 0.0104. The summed E-state index contributed by atoms with van der Waals surface area (Å²) in [6, 6.07) is 12.0. The van der Waals surface area contributed by atoms with Crippen molar-refractivity contribution in [3.63, 3.8) is 0 Å². The van der Waals surface area contributed by atoms with E-state index in [-0.39, 0.29) is 6.04 Å². The summed E-state index contributed by atoms with van der Waals surface area (Å²) in [7, 11) is 1.62. The van der Waals surface area contributed by atoms with Crippen LogP contribution in [-0.2, 0) is 14.2 Å². The first kappa shape index (κ1) is 28.1. The normalized spacial score (nSPS) is 12.0. The molecule has 1 heterocycles. The van der Waals surface area contributed by atoms with Gasteiger partial charge in [0.1, 0.15) is 18.2 Å². The van der Waals surface area contributed by atoms with E-state index in [1.54, 1.807) is 7.11 Å². The second kappa shape index (κ2) is 14.9. The number of halogens is 1. The molecule has 3 rings (SSSR count). The minimum atomic E-state index is 0.0431. The Morgan fingerprint density at radius 3 is 2.28 bits per heavy atom. The molecule has 0 aliphatic rings. The molecule has 1 aromatic heterocycles. The van der Waals surface area contributed by atoms with Crippen LogP contribution in [0.4, 0.5) is 5.82 Å². The molecule has 36 heavy (non-hydrogen) atoms. The fraction of sp³-hybridized carbons (Fsp3) is 0.462. The van der Waals surface area contributed by atoms with Crippen LogP contribution in [0.1, 0.15) is 24.4 Å². The number of fused-ring (bicyclic) bond motifs is 1. The molecule has 9 nitrogen and oxygen atoms in total. The molecule has 0 radical (unpaired) electrons. The first-order valence-corrected chi connectivity index (χ1v) is 12.8. The van der Waals surface area contributed by atoms with Crippen LogP contribution in [-0.4, -0.2) is 69.9 Å². The average molecular weight is 563 g/mol. The number of anilines is 1. The number of aromatic nitrogens is 2. The molecular formula is C26H35BrN4O5. The van der Waals surface area contributed by atoms with Gasteiger partial charge in [-0.3, -0.25) is 0 Å². The third kappa shape index (κ3) is 8.56. The van der Waals surface area contributed by atoms with Crippen molar-refractivity contribution in [3.8, 4) is 11.5 Å². The highest BCUT2D eigenvalue weighted by Gasteiger charge is 2.15. The Balaban J connectivity index is 1.58. The molecule has 3 N–H and O–H groups in total. The third-order valence-electron chi connectivity index (χ3n) is 5.29. The van der Waals surface area contributed by atoms with Crippen molar-refractivity contribution in [3.05, 3.63) is 52.3 Å². The zero-order valence-electron chi connectivity index (χ0n) is 21.1. The summed E-state index contributed by atoms with van der Waals surface area (Å²) in [6.07, 6.45) is 0. The zero-order valence-corrected chi connectivity index (χ0v) is 22.7. The monoisotopic (exact) mass is 562 g/mol. The van der Waals surface area contributed by atoms with Gasteiger partial charge in [-0.25, -0.2) is 9.97 Å². The number of hydrogen-bond acceptors (Lipinski definition) is 9. The number of nitrogens with two attached hydrogens (primary N) is 1. The van der Waals surface area contributed by atoms with E-state index in [1.807, 2.05) is 31.2 Å². The summed E-state index contributed by atoms with van der Waals surface area (Å²) in [5.74, 6) is 2.62. The Morgan fingerprint density at radius 2 is 1.61 bits per heavy atom. The molecule has 0 unspecified atom stereocenters. The number of nitrogens with zero attached hydrogens (tertiary/aromatic N) is 2. The zero-order chi connectivity index (χ0) is 25.8. The topological polar surface area (TPSA) is 110 Å². The van der Waals surface area contributed by atoms with Gasteiger partial charge >= 0.3 is 0 Å². The first-order valence-electron chi connectivity index (χ1n) is 12.0. The van der Waals surface area contributed by atoms with Crippen LogP contribution >= 0.6 is 15.9 Å². The third-order valence-corrected chi connectivity index (χ3v) is 5.78. The van der Waals surface area contributed by atoms with Crippen LogP contribution < -0.4 is 20.5 Å². The van der Waals surface area contributed by atoms with Gasteiger partial charge in [-0.1, -0.05) is 28.1 Å². The van der Waals surface area contributed by atoms with E-state index >= 15 is 0 Å². The molecule has 0 aliphatic heterocycles. The van der Waals surface area contributed by atoms with Gasteiger partial charge in [0.15, 0.2) is 11.5 Å². The summed E-state index contributed by atoms with van der Waals surface area (Å²) in [4.78, 5) is 9.26. The number of aryl methyl sites for hydroxylation is 1. The van der Waals surface area contributed by atoms with Gasteiger partial charge in [0.25, 0.3) is 0 Å². The molecule has 0 saturated carbocycles. The molecule has 2 aromatic carbocycles. The van der Waals surface area contributed by atoms with E-state index in [9.17, 15) is 0 Å². The van der Waals surface area contributed by atoms with Crippen LogP contribution in [0.25, 0.3) is 10.9 Å². The van der Waals surface area contributed by atoms with Crippen molar-refractivity contribution in [1.82, 2.24) is 9.97 Å². The van der Waals surface area contributed by atoms with Gasteiger partial charge < -0.3 is 34.7 Å². The fourth-order valence-corrected chi connectivity index (χ4v) is 3.95. The quantitative estimate of drug-likeness (QED) is 0.247. The molecule has 1 atom stereocenters. The van der Waals surface area contributed by atoms with Gasteiger partial charge in [-0.2, -0.15) is 0 Å². The van der Waals surface area contributed by atoms with E-state index in [0.29, 0.717) is 70.1 Å². The Bertz CT molecular complexity index is 1100. The van der Waals surface area contributed by atoms with Gasteiger partial charge in [0.05, 0.1) is 58.3 Å². The molecule has 0 saturated heterocycles. The van der Waals surface area contributed by atoms with E-state index in [2.05, 4.69) is 50.3 Å². The van der Waals surface area contributed by atoms with Gasteiger partial charge in [0, 0.05) is 22.5 Å². The highest BCUT2D eigenvalue weighted by Crippen LogP contribution is 2.35. The summed E-state index contributed by atoms with van der Waals surface area (Å²) in [5.41, 5.74) is 7.28. The van der Waals surface area contributed by atoms with Gasteiger partial charge in [-0.15, -0.1) is 0 Å². The lowest BCUT2D eigenvalue weighted by Gasteiger charge is -2.18. The maximum Gasteiger partial charge on any atom is 0.163 e. The smallest absolute Gasteiger partial charge is 0.163 e. The van der Waals surface area contributed by atoms with Crippen LogP contribution in [0.5, 0.6) is 11.5 Å². The lowest BCUT2D eigenvalue weighted by atomic mass is 10.1. The number of ether oxygens (including phenoxy) is 5. The molecule has 10 heteroatoms. The first-order chi connectivity index (χ1) is 17.5. The Kier molecular flexibility index (Phi) is 11.6. The molecule has 0 bridgehead atoms. The summed E-state index contributed by atoms with van der Waals surface area (Å²) < 4.78 is 28.9. The molecule has 0 fully saturated rings. The van der Waals surface area contributed by atoms with Crippen molar-refractivity contribution in [1.29, 1.82) is 0 Å². The highest BCUT2D eigenvalue weighted by atomic mass is 79.9. The number of benzene rings is 2. The average Bonchev–Trinajstić information content (AvgIpc) is 2.86. The van der Waals surface area contributed by atoms with E-state index in [0.717, 1.165) is 26.8 Å². The highest BCUT2D eigenvalue weighted by molar-refractivity contribution is 9.10. The molecule has 3 aromatic rings. The number of nitrogens with one attached hydrogen (secondary N) is 1. The Morgan fingerprint density at radius 1 is 0.917 bits per heavy atom. The number of hydrogen-bond donors (Lipinski definition) is 2. The number of rotatable bonds is 16. The molecule has 0 aliphatic carbocycles. The minimum absolute atomic E-state index is 0.0431. The predicted molar refractivity (Wildman–Crippen MR) is 144 cm³/mol. The van der Waals surface area contributed by atoms with Crippen molar-refractivity contribution in [2.24, 2.45) is 5.73 Å². The van der Waals surface area contributed by atoms with Crippen LogP contribution in [0.15, 0.2) is 40.9 Å². The standard InChI is InChI=1S/C26H35BrN4O5/c1-18(20-5-4-6-21(27)15-20)29-26-22-16-24(32-3)25(17-23(22)30-19(2)31-26)36-14-13-35-12-11-34-10-9-33-8-7-28/h4-6,15-18H,7-14,28H2,1-3H3,(H,29,30,31)/t18-/m1/s1. The Labute approximate surface area is 220 Å². The van der Waals surface area contributed by atoms with Crippen molar-refractivity contribution in [2.45, 2.75) is 19.9 Å². The van der Waals surface area contributed by atoms with Crippen molar-refractivity contribution in [2.75, 3.05) is 65.2 Å². The van der Waals surface area contributed by atoms with Crippen LogP contribution in [0, 0.1) is 6.92 Å². The van der Waals surface area contributed by atoms with Gasteiger partial charge in [-0.05, 0) is 37.6 Å². The lowest BCUT2D eigenvalue weighted by Crippen LogP contribution is -2.14. The summed E-state index contributed by atoms with van der Waals surface area (Å²) in [6.45, 7) is 7.86. The maximum absolute atomic E-state index is 5.94. The van der Waals surface area contributed by atoms with E-state index < -0.39 is 0 Å². The molecule has 0 spiro atoms. The fourth-order valence-electron chi connectivity index (χ4n) is 3.54. The second-order valence-electron chi connectivity index (χ2n) is 8.03. The summed E-state index contributed by atoms with van der Waals surface area (Å²) >= 11 is 3.54. The van der Waals surface area contributed by atoms with Crippen LogP contribution in [0.3, 0.4) is 0 Å². The molecule has 0 amide bonds. The molecule has 196 valence electrons. The largest absolute Gasteiger partial charge is 0.493 e. The minimum Gasteiger partial charge on any atom is -0.493 e. The Hall–Kier alpha value is -2.50. The van der Waals surface area contributed by atoms with E-state index in [4.69, 9.17) is 29.4 Å². The predicted octanol–water partition coefficient (Wildman–Crippen LogP) is 4.27. The van der Waals surface area contributed by atoms with Crippen molar-refractivity contribution >= 4 is 32.7 Å².